The molecule has 1 fully saturated rings. The van der Waals surface area contributed by atoms with Gasteiger partial charge in [-0.15, -0.1) is 0 Å². The van der Waals surface area contributed by atoms with E-state index in [-0.39, 0.29) is 6.04 Å². The van der Waals surface area contributed by atoms with Crippen molar-refractivity contribution >= 4 is 0 Å². The van der Waals surface area contributed by atoms with E-state index in [2.05, 4.69) is 29.2 Å². The van der Waals surface area contributed by atoms with Gasteiger partial charge in [0.2, 0.25) is 0 Å². The zero-order chi connectivity index (χ0) is 11.5. The monoisotopic (exact) mass is 224 g/mol. The van der Waals surface area contributed by atoms with Crippen molar-refractivity contribution in [3.8, 4) is 0 Å². The van der Waals surface area contributed by atoms with Crippen LogP contribution in [0.15, 0.2) is 0 Å². The van der Waals surface area contributed by atoms with Gasteiger partial charge in [-0.25, -0.2) is 4.98 Å². The van der Waals surface area contributed by atoms with E-state index in [4.69, 9.17) is 4.74 Å². The van der Waals surface area contributed by atoms with Gasteiger partial charge in [-0.2, -0.15) is 5.10 Å². The van der Waals surface area contributed by atoms with E-state index in [1.165, 1.54) is 0 Å². The van der Waals surface area contributed by atoms with Crippen molar-refractivity contribution in [2.45, 2.75) is 26.3 Å². The van der Waals surface area contributed by atoms with Crippen LogP contribution in [0.4, 0.5) is 0 Å². The molecule has 0 bridgehead atoms. The molecule has 90 valence electrons. The van der Waals surface area contributed by atoms with Crippen LogP contribution in [0, 0.1) is 5.92 Å². The minimum absolute atomic E-state index is 0.187. The number of morpholine rings is 1. The van der Waals surface area contributed by atoms with Gasteiger partial charge >= 0.3 is 0 Å². The maximum Gasteiger partial charge on any atom is 0.151 e. The Morgan fingerprint density at radius 1 is 1.56 bits per heavy atom. The maximum absolute atomic E-state index is 5.44. The van der Waals surface area contributed by atoms with Gasteiger partial charge in [-0.05, 0) is 5.92 Å². The quantitative estimate of drug-likeness (QED) is 0.820. The lowest BCUT2D eigenvalue weighted by Crippen LogP contribution is -2.36. The summed E-state index contributed by atoms with van der Waals surface area (Å²) < 4.78 is 7.30. The second kappa shape index (κ2) is 4.93. The number of aryl methyl sites for hydroxylation is 1. The summed E-state index contributed by atoms with van der Waals surface area (Å²) >= 11 is 0. The summed E-state index contributed by atoms with van der Waals surface area (Å²) in [6.45, 7) is 6.72. The number of rotatable bonds is 3. The van der Waals surface area contributed by atoms with Crippen molar-refractivity contribution in [2.75, 3.05) is 19.8 Å². The first-order chi connectivity index (χ1) is 7.66. The van der Waals surface area contributed by atoms with E-state index in [1.54, 1.807) is 0 Å². The van der Waals surface area contributed by atoms with E-state index in [1.807, 2.05) is 11.7 Å². The summed E-state index contributed by atoms with van der Waals surface area (Å²) in [5, 5.41) is 7.83. The van der Waals surface area contributed by atoms with Crippen LogP contribution in [0.1, 0.15) is 31.5 Å². The lowest BCUT2D eigenvalue weighted by Gasteiger charge is -2.22. The van der Waals surface area contributed by atoms with Crippen LogP contribution in [-0.4, -0.2) is 34.5 Å². The molecule has 0 aromatic carbocycles. The first-order valence-electron chi connectivity index (χ1n) is 5.87. The third-order valence-corrected chi connectivity index (χ3v) is 2.66. The van der Waals surface area contributed by atoms with E-state index < -0.39 is 0 Å². The molecule has 0 aliphatic carbocycles. The fourth-order valence-electron chi connectivity index (χ4n) is 1.94. The van der Waals surface area contributed by atoms with Crippen molar-refractivity contribution in [3.05, 3.63) is 11.6 Å². The molecule has 5 nitrogen and oxygen atoms in total. The number of hydrogen-bond donors (Lipinski definition) is 1. The van der Waals surface area contributed by atoms with Gasteiger partial charge in [0.05, 0.1) is 19.3 Å². The molecule has 1 atom stereocenters. The number of nitrogens with one attached hydrogen (secondary N) is 1. The Balaban J connectivity index is 2.10. The number of aromatic nitrogens is 3. The molecule has 2 heterocycles. The Kier molecular flexibility index (Phi) is 3.56. The highest BCUT2D eigenvalue weighted by atomic mass is 16.5. The lowest BCUT2D eigenvalue weighted by atomic mass is 10.1. The fourth-order valence-corrected chi connectivity index (χ4v) is 1.94. The molecule has 1 aromatic heterocycles. The van der Waals surface area contributed by atoms with E-state index >= 15 is 0 Å². The minimum Gasteiger partial charge on any atom is -0.378 e. The largest absolute Gasteiger partial charge is 0.378 e. The average molecular weight is 224 g/mol. The number of nitrogens with zero attached hydrogens (tertiary/aromatic N) is 3. The van der Waals surface area contributed by atoms with E-state index in [0.29, 0.717) is 12.5 Å². The number of hydrogen-bond acceptors (Lipinski definition) is 4. The van der Waals surface area contributed by atoms with Crippen LogP contribution in [-0.2, 0) is 18.2 Å². The molecule has 1 N–H and O–H groups in total. The third-order valence-electron chi connectivity index (χ3n) is 2.66. The normalized spacial score (nSPS) is 21.6. The van der Waals surface area contributed by atoms with E-state index in [0.717, 1.165) is 31.2 Å². The average Bonchev–Trinajstić information content (AvgIpc) is 2.60. The van der Waals surface area contributed by atoms with Crippen LogP contribution >= 0.6 is 0 Å². The van der Waals surface area contributed by atoms with Gasteiger partial charge in [0.15, 0.2) is 5.82 Å². The predicted molar refractivity (Wildman–Crippen MR) is 61.1 cm³/mol. The molecule has 1 unspecified atom stereocenters. The van der Waals surface area contributed by atoms with Gasteiger partial charge in [0.1, 0.15) is 5.82 Å². The van der Waals surface area contributed by atoms with Crippen LogP contribution in [0.3, 0.4) is 0 Å². The Bertz CT molecular complexity index is 342. The summed E-state index contributed by atoms with van der Waals surface area (Å²) in [6, 6.07) is 0.187. The molecule has 1 aliphatic heterocycles. The maximum atomic E-state index is 5.44. The summed E-state index contributed by atoms with van der Waals surface area (Å²) in [5.41, 5.74) is 0. The van der Waals surface area contributed by atoms with Gasteiger partial charge in [-0.3, -0.25) is 4.68 Å². The zero-order valence-corrected chi connectivity index (χ0v) is 10.2. The first kappa shape index (κ1) is 11.5. The summed E-state index contributed by atoms with van der Waals surface area (Å²) in [4.78, 5) is 4.58. The van der Waals surface area contributed by atoms with Crippen molar-refractivity contribution in [1.29, 1.82) is 0 Å². The highest BCUT2D eigenvalue weighted by Crippen LogP contribution is 2.14. The van der Waals surface area contributed by atoms with E-state index in [9.17, 15) is 0 Å². The Morgan fingerprint density at radius 3 is 3.00 bits per heavy atom. The van der Waals surface area contributed by atoms with Crippen LogP contribution in [0.5, 0.6) is 0 Å². The lowest BCUT2D eigenvalue weighted by molar-refractivity contribution is 0.0730. The Labute approximate surface area is 96.2 Å². The predicted octanol–water partition coefficient (Wildman–Crippen LogP) is 0.674. The first-order valence-corrected chi connectivity index (χ1v) is 5.87. The van der Waals surface area contributed by atoms with Crippen molar-refractivity contribution in [2.24, 2.45) is 13.0 Å². The molecular weight excluding hydrogens is 204 g/mol. The van der Waals surface area contributed by atoms with Gasteiger partial charge in [0.25, 0.3) is 0 Å². The molecule has 16 heavy (non-hydrogen) atoms. The topological polar surface area (TPSA) is 52.0 Å². The molecule has 1 aromatic rings. The van der Waals surface area contributed by atoms with Crippen molar-refractivity contribution in [3.63, 3.8) is 0 Å². The van der Waals surface area contributed by atoms with Gasteiger partial charge in [0, 0.05) is 20.0 Å². The highest BCUT2D eigenvalue weighted by molar-refractivity contribution is 5.00. The molecule has 0 radical (unpaired) electrons. The molecule has 0 saturated carbocycles. The Morgan fingerprint density at radius 2 is 2.38 bits per heavy atom. The standard InChI is InChI=1S/C11H20N4O/c1-8(2)6-10-13-11(15(3)14-10)9-7-16-5-4-12-9/h8-9,12H,4-7H2,1-3H3. The molecule has 0 spiro atoms. The summed E-state index contributed by atoms with van der Waals surface area (Å²) in [7, 11) is 1.95. The molecule has 0 amide bonds. The molecular formula is C11H20N4O. The third kappa shape index (κ3) is 2.59. The van der Waals surface area contributed by atoms with Crippen LogP contribution < -0.4 is 5.32 Å². The summed E-state index contributed by atoms with van der Waals surface area (Å²) in [5.74, 6) is 2.50. The second-order valence-corrected chi connectivity index (χ2v) is 4.69. The van der Waals surface area contributed by atoms with Crippen LogP contribution in [0.2, 0.25) is 0 Å². The minimum atomic E-state index is 0.187. The van der Waals surface area contributed by atoms with Crippen LogP contribution in [0.25, 0.3) is 0 Å². The SMILES string of the molecule is CC(C)Cc1nc(C2COCCN2)n(C)n1. The molecule has 1 aliphatic rings. The highest BCUT2D eigenvalue weighted by Gasteiger charge is 2.21. The fraction of sp³-hybridized carbons (Fsp3) is 0.818. The Hall–Kier alpha value is -0.940. The zero-order valence-electron chi connectivity index (χ0n) is 10.2. The summed E-state index contributed by atoms with van der Waals surface area (Å²) in [6.07, 6.45) is 0.932. The second-order valence-electron chi connectivity index (χ2n) is 4.69. The van der Waals surface area contributed by atoms with Gasteiger partial charge < -0.3 is 10.1 Å². The van der Waals surface area contributed by atoms with Crippen molar-refractivity contribution in [1.82, 2.24) is 20.1 Å². The van der Waals surface area contributed by atoms with Crippen molar-refractivity contribution < 1.29 is 4.74 Å². The van der Waals surface area contributed by atoms with Gasteiger partial charge in [-0.1, -0.05) is 13.8 Å². The molecule has 1 saturated heterocycles. The molecule has 2 rings (SSSR count). The molecule has 5 heteroatoms. The number of ether oxygens (including phenoxy) is 1. The smallest absolute Gasteiger partial charge is 0.151 e.